The minimum absolute atomic E-state index is 0.235. The fourth-order valence-corrected chi connectivity index (χ4v) is 2.24. The molecule has 1 aromatic rings. The Kier molecular flexibility index (Phi) is 9.42. The van der Waals surface area contributed by atoms with Gasteiger partial charge in [-0.05, 0) is 37.1 Å². The molecule has 0 aliphatic heterocycles. The van der Waals surface area contributed by atoms with E-state index >= 15 is 0 Å². The van der Waals surface area contributed by atoms with Crippen molar-refractivity contribution in [3.05, 3.63) is 28.8 Å². The summed E-state index contributed by atoms with van der Waals surface area (Å²) in [4.78, 5) is 0. The van der Waals surface area contributed by atoms with E-state index in [0.29, 0.717) is 30.6 Å². The Morgan fingerprint density at radius 2 is 2.00 bits per heavy atom. The summed E-state index contributed by atoms with van der Waals surface area (Å²) in [5.41, 5.74) is 1.17. The molecule has 0 aliphatic carbocycles. The Bertz CT molecular complexity index is 401. The molecule has 0 bridgehead atoms. The predicted molar refractivity (Wildman–Crippen MR) is 86.4 cm³/mol. The third kappa shape index (κ3) is 6.66. The molecular weight excluding hydrogens is 290 g/mol. The van der Waals surface area contributed by atoms with Gasteiger partial charge >= 0.3 is 0 Å². The van der Waals surface area contributed by atoms with E-state index in [1.165, 1.54) is 5.56 Å². The van der Waals surface area contributed by atoms with Gasteiger partial charge in [0.25, 0.3) is 0 Å². The number of ether oxygens (including phenoxy) is 3. The van der Waals surface area contributed by atoms with Gasteiger partial charge in [-0.3, -0.25) is 0 Å². The summed E-state index contributed by atoms with van der Waals surface area (Å²) in [6, 6.07) is 6.14. The number of benzene rings is 1. The zero-order valence-electron chi connectivity index (χ0n) is 13.2. The van der Waals surface area contributed by atoms with Crippen molar-refractivity contribution in [2.24, 2.45) is 0 Å². The SMILES string of the molecule is CCCNC(CCOCCOC)c1ccc(Cl)c(OC)c1. The van der Waals surface area contributed by atoms with Gasteiger partial charge in [-0.2, -0.15) is 0 Å². The van der Waals surface area contributed by atoms with Crippen LogP contribution in [-0.4, -0.2) is 40.6 Å². The van der Waals surface area contributed by atoms with Crippen LogP contribution >= 0.6 is 11.6 Å². The van der Waals surface area contributed by atoms with E-state index in [9.17, 15) is 0 Å². The van der Waals surface area contributed by atoms with Crippen molar-refractivity contribution in [1.29, 1.82) is 0 Å². The minimum Gasteiger partial charge on any atom is -0.495 e. The normalized spacial score (nSPS) is 12.4. The molecule has 0 saturated carbocycles. The number of halogens is 1. The lowest BCUT2D eigenvalue weighted by Crippen LogP contribution is -2.23. The molecule has 5 heteroatoms. The smallest absolute Gasteiger partial charge is 0.137 e. The van der Waals surface area contributed by atoms with Gasteiger partial charge < -0.3 is 19.5 Å². The zero-order valence-corrected chi connectivity index (χ0v) is 13.9. The van der Waals surface area contributed by atoms with Gasteiger partial charge in [0.15, 0.2) is 0 Å². The number of hydrogen-bond acceptors (Lipinski definition) is 4. The average Bonchev–Trinajstić information content (AvgIpc) is 2.51. The van der Waals surface area contributed by atoms with E-state index < -0.39 is 0 Å². The molecule has 1 unspecified atom stereocenters. The fraction of sp³-hybridized carbons (Fsp3) is 0.625. The lowest BCUT2D eigenvalue weighted by molar-refractivity contribution is 0.0657. The van der Waals surface area contributed by atoms with E-state index in [2.05, 4.69) is 12.2 Å². The molecule has 0 saturated heterocycles. The summed E-state index contributed by atoms with van der Waals surface area (Å²) in [7, 11) is 3.31. The third-order valence-electron chi connectivity index (χ3n) is 3.20. The van der Waals surface area contributed by atoms with Crippen molar-refractivity contribution in [2.75, 3.05) is 40.6 Å². The van der Waals surface area contributed by atoms with Crippen molar-refractivity contribution < 1.29 is 14.2 Å². The summed E-state index contributed by atoms with van der Waals surface area (Å²) in [6.45, 7) is 5.06. The molecule has 0 aliphatic rings. The number of methoxy groups -OCH3 is 2. The quantitative estimate of drug-likeness (QED) is 0.635. The first kappa shape index (κ1) is 18.2. The lowest BCUT2D eigenvalue weighted by atomic mass is 10.0. The second kappa shape index (κ2) is 10.9. The van der Waals surface area contributed by atoms with Crippen molar-refractivity contribution >= 4 is 11.6 Å². The first-order valence-corrected chi connectivity index (χ1v) is 7.74. The van der Waals surface area contributed by atoms with Gasteiger partial charge in [0.2, 0.25) is 0 Å². The van der Waals surface area contributed by atoms with Gasteiger partial charge in [0, 0.05) is 19.8 Å². The van der Waals surface area contributed by atoms with Crippen LogP contribution < -0.4 is 10.1 Å². The van der Waals surface area contributed by atoms with Gasteiger partial charge in [-0.15, -0.1) is 0 Å². The summed E-state index contributed by atoms with van der Waals surface area (Å²) in [6.07, 6.45) is 1.99. The molecule has 120 valence electrons. The molecule has 0 aromatic heterocycles. The maximum atomic E-state index is 6.08. The summed E-state index contributed by atoms with van der Waals surface area (Å²) >= 11 is 6.08. The highest BCUT2D eigenvalue weighted by Gasteiger charge is 2.13. The molecule has 0 radical (unpaired) electrons. The van der Waals surface area contributed by atoms with Crippen molar-refractivity contribution in [3.8, 4) is 5.75 Å². The van der Waals surface area contributed by atoms with Crippen LogP contribution in [0.25, 0.3) is 0 Å². The lowest BCUT2D eigenvalue weighted by Gasteiger charge is -2.20. The van der Waals surface area contributed by atoms with Crippen molar-refractivity contribution in [1.82, 2.24) is 5.32 Å². The molecule has 1 atom stereocenters. The average molecular weight is 316 g/mol. The van der Waals surface area contributed by atoms with Gasteiger partial charge in [0.05, 0.1) is 25.3 Å². The fourth-order valence-electron chi connectivity index (χ4n) is 2.04. The topological polar surface area (TPSA) is 39.7 Å². The Hall–Kier alpha value is -0.810. The minimum atomic E-state index is 0.235. The van der Waals surface area contributed by atoms with Crippen LogP contribution in [0.3, 0.4) is 0 Å². The third-order valence-corrected chi connectivity index (χ3v) is 3.51. The molecule has 0 fully saturated rings. The summed E-state index contributed by atoms with van der Waals surface area (Å²) in [5.74, 6) is 0.706. The highest BCUT2D eigenvalue weighted by molar-refractivity contribution is 6.32. The zero-order chi connectivity index (χ0) is 15.5. The van der Waals surface area contributed by atoms with Crippen LogP contribution in [0, 0.1) is 0 Å². The van der Waals surface area contributed by atoms with Crippen LogP contribution in [-0.2, 0) is 9.47 Å². The van der Waals surface area contributed by atoms with Crippen LogP contribution in [0.2, 0.25) is 5.02 Å². The molecule has 1 rings (SSSR count). The Morgan fingerprint density at radius 3 is 2.67 bits per heavy atom. The molecule has 0 amide bonds. The summed E-state index contributed by atoms with van der Waals surface area (Å²) < 4.78 is 15.8. The van der Waals surface area contributed by atoms with E-state index in [4.69, 9.17) is 25.8 Å². The molecule has 4 nitrogen and oxygen atoms in total. The van der Waals surface area contributed by atoms with Crippen LogP contribution in [0.1, 0.15) is 31.4 Å². The van der Waals surface area contributed by atoms with Crippen LogP contribution in [0.15, 0.2) is 18.2 Å². The predicted octanol–water partition coefficient (Wildman–Crippen LogP) is 3.44. The monoisotopic (exact) mass is 315 g/mol. The van der Waals surface area contributed by atoms with E-state index in [0.717, 1.165) is 19.4 Å². The van der Waals surface area contributed by atoms with Gasteiger partial charge in [-0.25, -0.2) is 0 Å². The Morgan fingerprint density at radius 1 is 1.19 bits per heavy atom. The molecule has 1 N–H and O–H groups in total. The van der Waals surface area contributed by atoms with Crippen molar-refractivity contribution in [3.63, 3.8) is 0 Å². The van der Waals surface area contributed by atoms with E-state index in [1.54, 1.807) is 14.2 Å². The van der Waals surface area contributed by atoms with E-state index in [-0.39, 0.29) is 6.04 Å². The van der Waals surface area contributed by atoms with E-state index in [1.807, 2.05) is 18.2 Å². The Labute approximate surface area is 132 Å². The Balaban J connectivity index is 2.63. The first-order chi connectivity index (χ1) is 10.2. The maximum Gasteiger partial charge on any atom is 0.137 e. The molecule has 21 heavy (non-hydrogen) atoms. The number of nitrogens with one attached hydrogen (secondary N) is 1. The largest absolute Gasteiger partial charge is 0.495 e. The second-order valence-corrected chi connectivity index (χ2v) is 5.20. The number of rotatable bonds is 11. The second-order valence-electron chi connectivity index (χ2n) is 4.79. The maximum absolute atomic E-state index is 6.08. The first-order valence-electron chi connectivity index (χ1n) is 7.36. The number of hydrogen-bond donors (Lipinski definition) is 1. The van der Waals surface area contributed by atoms with Crippen molar-refractivity contribution in [2.45, 2.75) is 25.8 Å². The highest BCUT2D eigenvalue weighted by atomic mass is 35.5. The molecule has 1 aromatic carbocycles. The van der Waals surface area contributed by atoms with Gasteiger partial charge in [0.1, 0.15) is 5.75 Å². The summed E-state index contributed by atoms with van der Waals surface area (Å²) in [5, 5.41) is 4.17. The molecule has 0 heterocycles. The van der Waals surface area contributed by atoms with Crippen LogP contribution in [0.4, 0.5) is 0 Å². The van der Waals surface area contributed by atoms with Crippen LogP contribution in [0.5, 0.6) is 5.75 Å². The highest BCUT2D eigenvalue weighted by Crippen LogP contribution is 2.28. The molecule has 0 spiro atoms. The molecular formula is C16H26ClNO3. The standard InChI is InChI=1S/C16H26ClNO3/c1-4-8-18-15(7-9-21-11-10-19-2)13-5-6-14(17)16(12-13)20-3/h5-6,12,15,18H,4,7-11H2,1-3H3. The van der Waals surface area contributed by atoms with Gasteiger partial charge in [-0.1, -0.05) is 24.6 Å².